The maximum atomic E-state index is 13.0. The first-order chi connectivity index (χ1) is 13.1. The molecule has 5 nitrogen and oxygen atoms in total. The molecule has 1 aliphatic rings. The minimum absolute atomic E-state index is 0.0706. The van der Waals surface area contributed by atoms with Crippen LogP contribution in [0.15, 0.2) is 35.4 Å². The average molecular weight is 403 g/mol. The number of aryl methyl sites for hydroxylation is 2. The summed E-state index contributed by atoms with van der Waals surface area (Å²) in [7, 11) is 0. The monoisotopic (exact) mass is 402 g/mol. The Balaban J connectivity index is 1.59. The molecule has 2 aromatic heterocycles. The number of nitrogens with zero attached hydrogens (tertiary/aromatic N) is 2. The lowest BCUT2D eigenvalue weighted by molar-refractivity contribution is -0.148. The Bertz CT molecular complexity index is 1070. The maximum Gasteiger partial charge on any atom is 0.329 e. The molecule has 7 heteroatoms. The fourth-order valence-corrected chi connectivity index (χ4v) is 4.84. The molecule has 0 amide bonds. The van der Waals surface area contributed by atoms with Crippen LogP contribution in [0.4, 0.5) is 0 Å². The van der Waals surface area contributed by atoms with E-state index in [2.05, 4.69) is 4.98 Å². The van der Waals surface area contributed by atoms with E-state index in [1.54, 1.807) is 30.4 Å². The van der Waals surface area contributed by atoms with Crippen LogP contribution in [0.5, 0.6) is 0 Å². The van der Waals surface area contributed by atoms with Crippen molar-refractivity contribution in [3.8, 4) is 0 Å². The first kappa shape index (κ1) is 18.2. The van der Waals surface area contributed by atoms with Gasteiger partial charge in [-0.25, -0.2) is 9.78 Å². The minimum atomic E-state index is -0.754. The molecule has 1 aliphatic carbocycles. The van der Waals surface area contributed by atoms with Crippen LogP contribution in [0.3, 0.4) is 0 Å². The van der Waals surface area contributed by atoms with E-state index in [1.807, 2.05) is 12.1 Å². The maximum absolute atomic E-state index is 13.0. The molecule has 2 heterocycles. The molecular formula is C20H19ClN2O3S. The van der Waals surface area contributed by atoms with E-state index < -0.39 is 12.0 Å². The van der Waals surface area contributed by atoms with Gasteiger partial charge >= 0.3 is 5.97 Å². The van der Waals surface area contributed by atoms with E-state index in [4.69, 9.17) is 16.3 Å². The number of aromatic nitrogens is 2. The Morgan fingerprint density at radius 3 is 2.93 bits per heavy atom. The number of carbonyl (C=O) groups is 1. The van der Waals surface area contributed by atoms with E-state index in [-0.39, 0.29) is 12.2 Å². The number of esters is 1. The third-order valence-electron chi connectivity index (χ3n) is 4.99. The van der Waals surface area contributed by atoms with E-state index >= 15 is 0 Å². The van der Waals surface area contributed by atoms with Crippen LogP contribution in [-0.2, 0) is 29.0 Å². The van der Waals surface area contributed by atoms with Crippen molar-refractivity contribution >= 4 is 39.1 Å². The van der Waals surface area contributed by atoms with Crippen molar-refractivity contribution in [1.29, 1.82) is 0 Å². The molecule has 0 aliphatic heterocycles. The summed E-state index contributed by atoms with van der Waals surface area (Å²) in [5.74, 6) is -0.484. The lowest BCUT2D eigenvalue weighted by Gasteiger charge is -2.15. The third-order valence-corrected chi connectivity index (χ3v) is 6.56. The lowest BCUT2D eigenvalue weighted by Crippen LogP contribution is -2.29. The van der Waals surface area contributed by atoms with Gasteiger partial charge in [-0.05, 0) is 44.2 Å². The zero-order valence-corrected chi connectivity index (χ0v) is 16.5. The van der Waals surface area contributed by atoms with Crippen LogP contribution < -0.4 is 5.56 Å². The molecule has 1 atom stereocenters. The summed E-state index contributed by atoms with van der Waals surface area (Å²) in [5, 5.41) is 1.21. The normalized spacial score (nSPS) is 14.7. The molecule has 140 valence electrons. The van der Waals surface area contributed by atoms with Crippen molar-refractivity contribution in [2.75, 3.05) is 0 Å². The smallest absolute Gasteiger partial charge is 0.329 e. The van der Waals surface area contributed by atoms with Crippen LogP contribution in [0.2, 0.25) is 5.02 Å². The lowest BCUT2D eigenvalue weighted by atomic mass is 9.97. The van der Waals surface area contributed by atoms with Gasteiger partial charge in [0.15, 0.2) is 0 Å². The van der Waals surface area contributed by atoms with E-state index in [9.17, 15) is 9.59 Å². The first-order valence-corrected chi connectivity index (χ1v) is 10.2. The summed E-state index contributed by atoms with van der Waals surface area (Å²) in [6, 6.07) is 6.45. The third kappa shape index (κ3) is 3.39. The molecule has 0 N–H and O–H groups in total. The van der Waals surface area contributed by atoms with E-state index in [0.717, 1.165) is 41.6 Å². The highest BCUT2D eigenvalue weighted by Gasteiger charge is 2.24. The standard InChI is InChI=1S/C20H19ClN2O3S/c1-12(20(25)26-10-13-6-2-4-8-15(13)21)23-11-22-18-17(19(23)24)14-7-3-5-9-16(14)27-18/h2,4,6,8,11-12H,3,5,7,9-10H2,1H3/t12-/m0/s1. The molecule has 4 rings (SSSR count). The van der Waals surface area contributed by atoms with Crippen molar-refractivity contribution < 1.29 is 9.53 Å². The van der Waals surface area contributed by atoms with Crippen molar-refractivity contribution in [1.82, 2.24) is 9.55 Å². The number of halogens is 1. The van der Waals surface area contributed by atoms with Gasteiger partial charge in [0.2, 0.25) is 0 Å². The second-order valence-corrected chi connectivity index (χ2v) is 8.21. The molecule has 0 saturated heterocycles. The fraction of sp³-hybridized carbons (Fsp3) is 0.350. The summed E-state index contributed by atoms with van der Waals surface area (Å²) < 4.78 is 6.75. The van der Waals surface area contributed by atoms with Gasteiger partial charge in [-0.2, -0.15) is 0 Å². The molecule has 0 saturated carbocycles. The van der Waals surface area contributed by atoms with Crippen molar-refractivity contribution in [3.05, 3.63) is 62.0 Å². The summed E-state index contributed by atoms with van der Waals surface area (Å²) in [4.78, 5) is 32.0. The fourth-order valence-electron chi connectivity index (χ4n) is 3.43. The molecule has 0 spiro atoms. The molecule has 0 fully saturated rings. The Hall–Kier alpha value is -2.18. The Morgan fingerprint density at radius 2 is 2.11 bits per heavy atom. The molecule has 0 radical (unpaired) electrons. The number of carbonyl (C=O) groups excluding carboxylic acids is 1. The van der Waals surface area contributed by atoms with Crippen LogP contribution in [0, 0.1) is 0 Å². The molecular weight excluding hydrogens is 384 g/mol. The van der Waals surface area contributed by atoms with Crippen molar-refractivity contribution in [3.63, 3.8) is 0 Å². The largest absolute Gasteiger partial charge is 0.459 e. The number of hydrogen-bond donors (Lipinski definition) is 0. The van der Waals surface area contributed by atoms with Crippen LogP contribution in [0.25, 0.3) is 10.2 Å². The zero-order valence-electron chi connectivity index (χ0n) is 14.9. The van der Waals surface area contributed by atoms with Gasteiger partial charge in [0.25, 0.3) is 5.56 Å². The second-order valence-electron chi connectivity index (χ2n) is 6.72. The van der Waals surface area contributed by atoms with Gasteiger partial charge < -0.3 is 4.74 Å². The van der Waals surface area contributed by atoms with Gasteiger partial charge in [-0.3, -0.25) is 9.36 Å². The molecule has 0 bridgehead atoms. The van der Waals surface area contributed by atoms with Gasteiger partial charge in [0.1, 0.15) is 17.5 Å². The quantitative estimate of drug-likeness (QED) is 0.610. The number of rotatable bonds is 4. The Morgan fingerprint density at radius 1 is 1.33 bits per heavy atom. The average Bonchev–Trinajstić information content (AvgIpc) is 3.06. The molecule has 1 aromatic carbocycles. The van der Waals surface area contributed by atoms with Crippen molar-refractivity contribution in [2.45, 2.75) is 45.3 Å². The summed E-state index contributed by atoms with van der Waals surface area (Å²) in [6.45, 7) is 1.73. The molecule has 3 aromatic rings. The number of fused-ring (bicyclic) bond motifs is 3. The van der Waals surface area contributed by atoms with Gasteiger partial charge in [-0.1, -0.05) is 29.8 Å². The van der Waals surface area contributed by atoms with Crippen LogP contribution >= 0.6 is 22.9 Å². The Kier molecular flexibility index (Phi) is 5.02. The van der Waals surface area contributed by atoms with Crippen molar-refractivity contribution in [2.24, 2.45) is 0 Å². The number of thiophene rings is 1. The summed E-state index contributed by atoms with van der Waals surface area (Å²) >= 11 is 7.69. The zero-order chi connectivity index (χ0) is 19.0. The molecule has 27 heavy (non-hydrogen) atoms. The Labute approximate surface area is 165 Å². The summed E-state index contributed by atoms with van der Waals surface area (Å²) in [6.07, 6.45) is 5.60. The highest BCUT2D eigenvalue weighted by molar-refractivity contribution is 7.18. The minimum Gasteiger partial charge on any atom is -0.459 e. The predicted molar refractivity (Wildman–Crippen MR) is 106 cm³/mol. The highest BCUT2D eigenvalue weighted by Crippen LogP contribution is 2.33. The number of benzene rings is 1. The topological polar surface area (TPSA) is 61.2 Å². The first-order valence-electron chi connectivity index (χ1n) is 8.97. The van der Waals surface area contributed by atoms with Gasteiger partial charge in [-0.15, -0.1) is 11.3 Å². The SMILES string of the molecule is C[C@@H](C(=O)OCc1ccccc1Cl)n1cnc2sc3c(c2c1=O)CCCC3. The summed E-state index contributed by atoms with van der Waals surface area (Å²) in [5.41, 5.74) is 1.68. The highest BCUT2D eigenvalue weighted by atomic mass is 35.5. The number of hydrogen-bond acceptors (Lipinski definition) is 5. The van der Waals surface area contributed by atoms with Crippen LogP contribution in [0.1, 0.15) is 41.8 Å². The van der Waals surface area contributed by atoms with Gasteiger partial charge in [0.05, 0.1) is 11.7 Å². The molecule has 0 unspecified atom stereocenters. The number of ether oxygens (including phenoxy) is 1. The van der Waals surface area contributed by atoms with E-state index in [1.165, 1.54) is 15.8 Å². The predicted octanol–water partition coefficient (Wildman–Crippen LogP) is 4.29. The van der Waals surface area contributed by atoms with Crippen LogP contribution in [-0.4, -0.2) is 15.5 Å². The second kappa shape index (κ2) is 7.44. The van der Waals surface area contributed by atoms with Gasteiger partial charge in [0, 0.05) is 15.5 Å². The van der Waals surface area contributed by atoms with E-state index in [0.29, 0.717) is 10.4 Å².